The molecule has 1 saturated heterocycles. The molecule has 1 N–H and O–H groups in total. The lowest BCUT2D eigenvalue weighted by Gasteiger charge is -2.26. The Morgan fingerprint density at radius 1 is 1.30 bits per heavy atom. The number of aliphatic imine (C=N–C) groups is 1. The summed E-state index contributed by atoms with van der Waals surface area (Å²) in [6, 6.07) is 7.43. The van der Waals surface area contributed by atoms with E-state index in [2.05, 4.69) is 22.0 Å². The van der Waals surface area contributed by atoms with Crippen LogP contribution in [0.2, 0.25) is 5.02 Å². The second-order valence-electron chi connectivity index (χ2n) is 6.27. The SMILES string of the molecule is CCNC(=NCCCN1CCOCC1)N(C)CCOc1ccc(Cl)cc1.I. The predicted octanol–water partition coefficient (Wildman–Crippen LogP) is 2.96. The molecule has 2 rings (SSSR count). The largest absolute Gasteiger partial charge is 0.492 e. The standard InChI is InChI=1S/C19H31ClN4O2.HI/c1-3-21-19(22-9-4-10-24-12-14-25-15-13-24)23(2)11-16-26-18-7-5-17(20)6-8-18;/h5-8H,3-4,9-16H2,1-2H3,(H,21,22);1H. The number of likely N-dealkylation sites (N-methyl/N-ethyl adjacent to an activating group) is 1. The molecule has 1 aliphatic heterocycles. The first-order valence-electron chi connectivity index (χ1n) is 9.37. The van der Waals surface area contributed by atoms with Crippen LogP contribution in [0.25, 0.3) is 0 Å². The van der Waals surface area contributed by atoms with Gasteiger partial charge in [0.25, 0.3) is 0 Å². The quantitative estimate of drug-likeness (QED) is 0.240. The summed E-state index contributed by atoms with van der Waals surface area (Å²) in [6.07, 6.45) is 1.06. The normalized spacial score (nSPS) is 15.1. The van der Waals surface area contributed by atoms with E-state index in [4.69, 9.17) is 26.1 Å². The van der Waals surface area contributed by atoms with Crippen molar-refractivity contribution >= 4 is 41.5 Å². The maximum Gasteiger partial charge on any atom is 0.193 e. The lowest BCUT2D eigenvalue weighted by molar-refractivity contribution is 0.0377. The highest BCUT2D eigenvalue weighted by atomic mass is 127. The first kappa shape index (κ1) is 24.3. The van der Waals surface area contributed by atoms with Gasteiger partial charge in [-0.05, 0) is 37.6 Å². The van der Waals surface area contributed by atoms with Crippen molar-refractivity contribution in [2.45, 2.75) is 13.3 Å². The predicted molar refractivity (Wildman–Crippen MR) is 123 cm³/mol. The number of hydrogen-bond acceptors (Lipinski definition) is 4. The minimum absolute atomic E-state index is 0. The summed E-state index contributed by atoms with van der Waals surface area (Å²) in [6.45, 7) is 9.96. The number of nitrogens with zero attached hydrogens (tertiary/aromatic N) is 3. The average molecular weight is 511 g/mol. The van der Waals surface area contributed by atoms with E-state index < -0.39 is 0 Å². The van der Waals surface area contributed by atoms with E-state index >= 15 is 0 Å². The fraction of sp³-hybridized carbons (Fsp3) is 0.632. The van der Waals surface area contributed by atoms with Crippen molar-refractivity contribution in [2.24, 2.45) is 4.99 Å². The number of nitrogens with one attached hydrogen (secondary N) is 1. The Labute approximate surface area is 185 Å². The zero-order valence-electron chi connectivity index (χ0n) is 16.3. The average Bonchev–Trinajstić information content (AvgIpc) is 2.66. The third-order valence-corrected chi connectivity index (χ3v) is 4.46. The lowest BCUT2D eigenvalue weighted by Crippen LogP contribution is -2.41. The molecule has 1 heterocycles. The van der Waals surface area contributed by atoms with Gasteiger partial charge in [0.2, 0.25) is 0 Å². The molecule has 0 saturated carbocycles. The number of ether oxygens (including phenoxy) is 2. The maximum atomic E-state index is 5.89. The van der Waals surface area contributed by atoms with Crippen molar-refractivity contribution in [3.8, 4) is 5.75 Å². The highest BCUT2D eigenvalue weighted by Crippen LogP contribution is 2.15. The number of benzene rings is 1. The van der Waals surface area contributed by atoms with Gasteiger partial charge in [-0.3, -0.25) is 9.89 Å². The zero-order valence-corrected chi connectivity index (χ0v) is 19.4. The molecule has 0 spiro atoms. The topological polar surface area (TPSA) is 49.3 Å². The van der Waals surface area contributed by atoms with Gasteiger partial charge in [-0.15, -0.1) is 24.0 Å². The summed E-state index contributed by atoms with van der Waals surface area (Å²) in [5.74, 6) is 1.75. The molecule has 1 aliphatic rings. The molecule has 0 aromatic heterocycles. The van der Waals surface area contributed by atoms with Gasteiger partial charge in [-0.2, -0.15) is 0 Å². The Kier molecular flexibility index (Phi) is 12.8. The molecular weight excluding hydrogens is 479 g/mol. The van der Waals surface area contributed by atoms with Crippen molar-refractivity contribution in [1.29, 1.82) is 0 Å². The molecule has 0 bridgehead atoms. The molecule has 1 fully saturated rings. The van der Waals surface area contributed by atoms with E-state index in [1.807, 2.05) is 31.3 Å². The van der Waals surface area contributed by atoms with Crippen molar-refractivity contribution in [2.75, 3.05) is 66.1 Å². The van der Waals surface area contributed by atoms with Gasteiger partial charge in [0, 0.05) is 44.8 Å². The van der Waals surface area contributed by atoms with Crippen molar-refractivity contribution in [3.05, 3.63) is 29.3 Å². The molecule has 8 heteroatoms. The van der Waals surface area contributed by atoms with E-state index in [1.54, 1.807) is 0 Å². The first-order valence-corrected chi connectivity index (χ1v) is 9.74. The van der Waals surface area contributed by atoms with E-state index in [9.17, 15) is 0 Å². The highest BCUT2D eigenvalue weighted by Gasteiger charge is 2.10. The Balaban J connectivity index is 0.00000364. The number of guanidine groups is 1. The fourth-order valence-corrected chi connectivity index (χ4v) is 2.84. The second-order valence-corrected chi connectivity index (χ2v) is 6.70. The summed E-state index contributed by atoms with van der Waals surface area (Å²) in [5, 5.41) is 4.06. The Hall–Kier alpha value is -0.770. The van der Waals surface area contributed by atoms with E-state index in [1.165, 1.54) is 0 Å². The van der Waals surface area contributed by atoms with Crippen LogP contribution in [0.4, 0.5) is 0 Å². The summed E-state index contributed by atoms with van der Waals surface area (Å²) < 4.78 is 11.1. The Bertz CT molecular complexity index is 539. The fourth-order valence-electron chi connectivity index (χ4n) is 2.71. The van der Waals surface area contributed by atoms with Crippen molar-refractivity contribution < 1.29 is 9.47 Å². The maximum absolute atomic E-state index is 5.89. The van der Waals surface area contributed by atoms with Crippen LogP contribution >= 0.6 is 35.6 Å². The molecule has 0 unspecified atom stereocenters. The van der Waals surface area contributed by atoms with Crippen LogP contribution in [0, 0.1) is 0 Å². The zero-order chi connectivity index (χ0) is 18.6. The Morgan fingerprint density at radius 3 is 2.67 bits per heavy atom. The minimum atomic E-state index is 0. The molecule has 6 nitrogen and oxygen atoms in total. The van der Waals surface area contributed by atoms with E-state index in [-0.39, 0.29) is 24.0 Å². The van der Waals surface area contributed by atoms with E-state index in [0.717, 1.165) is 70.6 Å². The molecule has 0 aliphatic carbocycles. The van der Waals surface area contributed by atoms with Gasteiger partial charge in [0.05, 0.1) is 19.8 Å². The molecule has 1 aromatic carbocycles. The highest BCUT2D eigenvalue weighted by molar-refractivity contribution is 14.0. The Morgan fingerprint density at radius 2 is 2.00 bits per heavy atom. The lowest BCUT2D eigenvalue weighted by atomic mass is 10.3. The van der Waals surface area contributed by atoms with Crippen LogP contribution in [-0.2, 0) is 4.74 Å². The van der Waals surface area contributed by atoms with Gasteiger partial charge in [-0.1, -0.05) is 11.6 Å². The number of hydrogen-bond donors (Lipinski definition) is 1. The minimum Gasteiger partial charge on any atom is -0.492 e. The smallest absolute Gasteiger partial charge is 0.193 e. The molecule has 1 aromatic rings. The summed E-state index contributed by atoms with van der Waals surface area (Å²) in [4.78, 5) is 9.28. The molecule has 27 heavy (non-hydrogen) atoms. The van der Waals surface area contributed by atoms with Gasteiger partial charge in [0.15, 0.2) is 5.96 Å². The monoisotopic (exact) mass is 510 g/mol. The van der Waals surface area contributed by atoms with Crippen molar-refractivity contribution in [1.82, 2.24) is 15.1 Å². The van der Waals surface area contributed by atoms with Gasteiger partial charge < -0.3 is 19.7 Å². The van der Waals surface area contributed by atoms with Crippen LogP contribution in [0.1, 0.15) is 13.3 Å². The van der Waals surface area contributed by atoms with Crippen LogP contribution in [0.15, 0.2) is 29.3 Å². The third-order valence-electron chi connectivity index (χ3n) is 4.20. The molecule has 154 valence electrons. The van der Waals surface area contributed by atoms with Gasteiger partial charge >= 0.3 is 0 Å². The second kappa shape index (κ2) is 14.3. The third kappa shape index (κ3) is 9.82. The summed E-state index contributed by atoms with van der Waals surface area (Å²) in [7, 11) is 2.04. The molecule has 0 radical (unpaired) electrons. The summed E-state index contributed by atoms with van der Waals surface area (Å²) in [5.41, 5.74) is 0. The van der Waals surface area contributed by atoms with Gasteiger partial charge in [0.1, 0.15) is 12.4 Å². The van der Waals surface area contributed by atoms with Gasteiger partial charge in [-0.25, -0.2) is 0 Å². The first-order chi connectivity index (χ1) is 12.7. The van der Waals surface area contributed by atoms with Crippen molar-refractivity contribution in [3.63, 3.8) is 0 Å². The van der Waals surface area contributed by atoms with Crippen LogP contribution in [-0.4, -0.2) is 81.9 Å². The molecule has 0 atom stereocenters. The number of rotatable bonds is 9. The number of morpholine rings is 1. The molecule has 0 amide bonds. The molecular formula is C19H32ClIN4O2. The number of halogens is 2. The van der Waals surface area contributed by atoms with Crippen LogP contribution in [0.3, 0.4) is 0 Å². The van der Waals surface area contributed by atoms with E-state index in [0.29, 0.717) is 11.6 Å². The summed E-state index contributed by atoms with van der Waals surface area (Å²) >= 11 is 5.89. The van der Waals surface area contributed by atoms with Crippen LogP contribution < -0.4 is 10.1 Å². The van der Waals surface area contributed by atoms with Crippen LogP contribution in [0.5, 0.6) is 5.75 Å².